The van der Waals surface area contributed by atoms with Crippen LogP contribution in [0.2, 0.25) is 0 Å². The van der Waals surface area contributed by atoms with Crippen LogP contribution in [0.5, 0.6) is 0 Å². The number of tetrazole rings is 1. The summed E-state index contributed by atoms with van der Waals surface area (Å²) in [7, 11) is 0. The van der Waals surface area contributed by atoms with Crippen molar-refractivity contribution in [2.24, 2.45) is 17.3 Å². The first kappa shape index (κ1) is 21.0. The zero-order valence-corrected chi connectivity index (χ0v) is 18.0. The fourth-order valence-corrected chi connectivity index (χ4v) is 6.83. The Labute approximate surface area is 186 Å². The maximum absolute atomic E-state index is 11.0. The zero-order chi connectivity index (χ0) is 22.3. The highest BCUT2D eigenvalue weighted by atomic mass is 16.4. The van der Waals surface area contributed by atoms with Gasteiger partial charge in [-0.1, -0.05) is 12.1 Å². The molecule has 2 unspecified atom stereocenters. The minimum atomic E-state index is -1.01. The third-order valence-corrected chi connectivity index (χ3v) is 7.51. The van der Waals surface area contributed by atoms with Crippen molar-refractivity contribution >= 4 is 5.97 Å². The fraction of sp³-hybridized carbons (Fsp3) is 0.609. The second-order valence-electron chi connectivity index (χ2n) is 10.2. The largest absolute Gasteiger partial charge is 0.481 e. The lowest BCUT2D eigenvalue weighted by Crippen LogP contribution is -2.58. The molecule has 0 spiro atoms. The highest BCUT2D eigenvalue weighted by molar-refractivity contribution is 5.68. The molecule has 32 heavy (non-hydrogen) atoms. The fourth-order valence-electron chi connectivity index (χ4n) is 6.83. The molecule has 168 valence electrons. The van der Waals surface area contributed by atoms with Crippen LogP contribution in [0.15, 0.2) is 18.2 Å². The minimum absolute atomic E-state index is 0.206. The van der Waals surface area contributed by atoms with Gasteiger partial charge in [-0.2, -0.15) is 5.26 Å². The summed E-state index contributed by atoms with van der Waals surface area (Å²) in [4.78, 5) is 11.0. The SMILES string of the molecule is N#Cc1cc(CNCC23CC4CC(CC(O)(C4)C2)C3)ccc1Cn1nnnc1CC(=O)O. The van der Waals surface area contributed by atoms with Gasteiger partial charge < -0.3 is 15.5 Å². The van der Waals surface area contributed by atoms with E-state index in [0.717, 1.165) is 36.9 Å². The minimum Gasteiger partial charge on any atom is -0.481 e. The molecule has 0 aliphatic heterocycles. The molecular weight excluding hydrogens is 408 g/mol. The van der Waals surface area contributed by atoms with Crippen LogP contribution in [0.3, 0.4) is 0 Å². The molecule has 2 aromatic rings. The molecule has 4 saturated carbocycles. The molecule has 1 aromatic carbocycles. The van der Waals surface area contributed by atoms with Crippen LogP contribution in [0.1, 0.15) is 61.0 Å². The summed E-state index contributed by atoms with van der Waals surface area (Å²) in [5, 5.41) is 44.3. The Morgan fingerprint density at radius 2 is 2.06 bits per heavy atom. The monoisotopic (exact) mass is 436 g/mol. The molecule has 6 rings (SSSR count). The molecule has 1 heterocycles. The average molecular weight is 437 g/mol. The number of hydrogen-bond donors (Lipinski definition) is 3. The van der Waals surface area contributed by atoms with Gasteiger partial charge in [0.25, 0.3) is 0 Å². The molecule has 4 aliphatic carbocycles. The summed E-state index contributed by atoms with van der Waals surface area (Å²) in [6.45, 7) is 1.81. The lowest BCUT2D eigenvalue weighted by atomic mass is 9.48. The number of benzene rings is 1. The van der Waals surface area contributed by atoms with Crippen LogP contribution in [0, 0.1) is 28.6 Å². The van der Waals surface area contributed by atoms with Crippen LogP contribution in [0.25, 0.3) is 0 Å². The maximum atomic E-state index is 11.0. The highest BCUT2D eigenvalue weighted by Gasteiger charge is 2.56. The van der Waals surface area contributed by atoms with Crippen LogP contribution in [0.4, 0.5) is 0 Å². The second-order valence-corrected chi connectivity index (χ2v) is 10.2. The highest BCUT2D eigenvalue weighted by Crippen LogP contribution is 2.61. The number of nitrogens with zero attached hydrogens (tertiary/aromatic N) is 5. The van der Waals surface area contributed by atoms with Gasteiger partial charge in [0.15, 0.2) is 5.82 Å². The third-order valence-electron chi connectivity index (χ3n) is 7.51. The zero-order valence-electron chi connectivity index (χ0n) is 18.0. The van der Waals surface area contributed by atoms with Gasteiger partial charge in [0.05, 0.1) is 23.8 Å². The maximum Gasteiger partial charge on any atom is 0.311 e. The quantitative estimate of drug-likeness (QED) is 0.568. The number of nitrogens with one attached hydrogen (secondary N) is 1. The number of hydrogen-bond acceptors (Lipinski definition) is 7. The van der Waals surface area contributed by atoms with Crippen molar-refractivity contribution in [2.75, 3.05) is 6.54 Å². The molecule has 4 bridgehead atoms. The van der Waals surface area contributed by atoms with Gasteiger partial charge in [-0.05, 0) is 83.4 Å². The molecule has 0 amide bonds. The summed E-state index contributed by atoms with van der Waals surface area (Å²) in [6.07, 6.45) is 6.31. The van der Waals surface area contributed by atoms with Crippen molar-refractivity contribution < 1.29 is 15.0 Å². The first-order valence-corrected chi connectivity index (χ1v) is 11.3. The van der Waals surface area contributed by atoms with E-state index in [4.69, 9.17) is 5.11 Å². The summed E-state index contributed by atoms with van der Waals surface area (Å²) < 4.78 is 1.42. The van der Waals surface area contributed by atoms with Crippen molar-refractivity contribution in [3.8, 4) is 6.07 Å². The molecular formula is C23H28N6O3. The van der Waals surface area contributed by atoms with Gasteiger partial charge in [-0.25, -0.2) is 4.68 Å². The van der Waals surface area contributed by atoms with Crippen molar-refractivity contribution in [3.63, 3.8) is 0 Å². The lowest BCUT2D eigenvalue weighted by molar-refractivity contribution is -0.162. The van der Waals surface area contributed by atoms with E-state index < -0.39 is 11.6 Å². The van der Waals surface area contributed by atoms with Crippen molar-refractivity contribution in [1.29, 1.82) is 5.26 Å². The number of carboxylic acid groups (broad SMARTS) is 1. The van der Waals surface area contributed by atoms with Gasteiger partial charge >= 0.3 is 5.97 Å². The van der Waals surface area contributed by atoms with Crippen molar-refractivity contribution in [3.05, 3.63) is 40.7 Å². The molecule has 9 nitrogen and oxygen atoms in total. The van der Waals surface area contributed by atoms with Gasteiger partial charge in [0, 0.05) is 13.1 Å². The smallest absolute Gasteiger partial charge is 0.311 e. The first-order chi connectivity index (χ1) is 15.4. The Bertz CT molecular complexity index is 1060. The second kappa shape index (κ2) is 7.94. The van der Waals surface area contributed by atoms with Gasteiger partial charge in [-0.3, -0.25) is 4.79 Å². The molecule has 4 fully saturated rings. The van der Waals surface area contributed by atoms with Gasteiger partial charge in [-0.15, -0.1) is 5.10 Å². The van der Waals surface area contributed by atoms with E-state index in [9.17, 15) is 15.2 Å². The first-order valence-electron chi connectivity index (χ1n) is 11.3. The Kier molecular flexibility index (Phi) is 5.22. The molecule has 4 aliphatic rings. The Hall–Kier alpha value is -2.83. The molecule has 0 radical (unpaired) electrons. The summed E-state index contributed by atoms with van der Waals surface area (Å²) in [5.41, 5.74) is 2.06. The number of nitriles is 1. The molecule has 3 N–H and O–H groups in total. The van der Waals surface area contributed by atoms with E-state index in [1.807, 2.05) is 18.2 Å². The van der Waals surface area contributed by atoms with E-state index in [1.165, 1.54) is 23.9 Å². The number of aliphatic hydroxyl groups is 1. The van der Waals surface area contributed by atoms with Crippen LogP contribution >= 0.6 is 0 Å². The number of carboxylic acids is 1. The molecule has 0 saturated heterocycles. The molecule has 9 heteroatoms. The summed E-state index contributed by atoms with van der Waals surface area (Å²) in [6, 6.07) is 7.98. The van der Waals surface area contributed by atoms with Crippen LogP contribution in [-0.4, -0.2) is 48.5 Å². The van der Waals surface area contributed by atoms with Crippen molar-refractivity contribution in [1.82, 2.24) is 25.5 Å². The standard InChI is InChI=1S/C23H28N6O3/c24-10-19-4-15(1-2-18(19)12-29-20(5-21(30)31)26-27-28-29)11-25-14-22-6-16-3-17(7-22)9-23(32,8-16)13-22/h1-2,4,16-17,25,32H,3,5-9,11-14H2,(H,30,31). The van der Waals surface area contributed by atoms with Crippen molar-refractivity contribution in [2.45, 2.75) is 63.6 Å². The third kappa shape index (κ3) is 4.12. The van der Waals surface area contributed by atoms with E-state index in [-0.39, 0.29) is 24.2 Å². The predicted molar refractivity (Wildman–Crippen MR) is 113 cm³/mol. The Morgan fingerprint density at radius 3 is 2.75 bits per heavy atom. The number of aliphatic carboxylic acids is 1. The van der Waals surface area contributed by atoms with Crippen LogP contribution < -0.4 is 5.32 Å². The summed E-state index contributed by atoms with van der Waals surface area (Å²) >= 11 is 0. The van der Waals surface area contributed by atoms with E-state index in [0.29, 0.717) is 23.9 Å². The Morgan fingerprint density at radius 1 is 1.28 bits per heavy atom. The number of aromatic nitrogens is 4. The van der Waals surface area contributed by atoms with E-state index in [1.54, 1.807) is 0 Å². The number of carbonyl (C=O) groups is 1. The van der Waals surface area contributed by atoms with Crippen LogP contribution in [-0.2, 0) is 24.3 Å². The number of rotatable bonds is 8. The van der Waals surface area contributed by atoms with Gasteiger partial charge in [0.1, 0.15) is 6.42 Å². The average Bonchev–Trinajstić information content (AvgIpc) is 3.13. The predicted octanol–water partition coefficient (Wildman–Crippen LogP) is 1.64. The van der Waals surface area contributed by atoms with Gasteiger partial charge in [0.2, 0.25) is 0 Å². The van der Waals surface area contributed by atoms with E-state index >= 15 is 0 Å². The van der Waals surface area contributed by atoms with E-state index in [2.05, 4.69) is 26.9 Å². The molecule has 2 atom stereocenters. The molecule has 1 aromatic heterocycles. The Balaban J connectivity index is 1.23. The lowest BCUT2D eigenvalue weighted by Gasteiger charge is -2.60. The normalized spacial score (nSPS) is 30.4. The summed E-state index contributed by atoms with van der Waals surface area (Å²) in [5.74, 6) is 0.591. The topological polar surface area (TPSA) is 137 Å².